The first kappa shape index (κ1) is 14.0. The minimum absolute atomic E-state index is 0.221. The van der Waals surface area contributed by atoms with Gasteiger partial charge in [-0.05, 0) is 24.3 Å². The van der Waals surface area contributed by atoms with Gasteiger partial charge in [0.15, 0.2) is 5.13 Å². The summed E-state index contributed by atoms with van der Waals surface area (Å²) >= 11 is 1.20. The van der Waals surface area contributed by atoms with Crippen LogP contribution in [0, 0.1) is 0 Å². The van der Waals surface area contributed by atoms with Crippen LogP contribution in [0.15, 0.2) is 29.6 Å². The number of thiazole rings is 1. The maximum atomic E-state index is 12.0. The van der Waals surface area contributed by atoms with Gasteiger partial charge >= 0.3 is 0 Å². The highest BCUT2D eigenvalue weighted by Crippen LogP contribution is 2.18. The zero-order valence-corrected chi connectivity index (χ0v) is 11.8. The first-order valence-corrected chi connectivity index (χ1v) is 6.65. The number of amides is 2. The van der Waals surface area contributed by atoms with Crippen molar-refractivity contribution in [2.45, 2.75) is 6.92 Å². The van der Waals surface area contributed by atoms with E-state index >= 15 is 0 Å². The number of aromatic nitrogens is 1. The highest BCUT2D eigenvalue weighted by molar-refractivity contribution is 7.14. The number of hydrogen-bond acceptors (Lipinski definition) is 5. The second kappa shape index (κ2) is 6.16. The molecule has 0 bridgehead atoms. The summed E-state index contributed by atoms with van der Waals surface area (Å²) in [5, 5.41) is 7.23. The zero-order chi connectivity index (χ0) is 14.5. The van der Waals surface area contributed by atoms with Crippen LogP contribution in [-0.2, 0) is 4.79 Å². The molecule has 0 spiro atoms. The van der Waals surface area contributed by atoms with Gasteiger partial charge in [-0.25, -0.2) is 4.98 Å². The van der Waals surface area contributed by atoms with Crippen LogP contribution in [-0.4, -0.2) is 23.9 Å². The highest BCUT2D eigenvalue weighted by atomic mass is 32.1. The predicted octanol–water partition coefficient (Wildman–Crippen LogP) is 2.36. The first-order valence-electron chi connectivity index (χ1n) is 5.77. The lowest BCUT2D eigenvalue weighted by molar-refractivity contribution is -0.114. The summed E-state index contributed by atoms with van der Waals surface area (Å²) in [6, 6.07) is 6.97. The van der Waals surface area contributed by atoms with Crippen molar-refractivity contribution < 1.29 is 14.3 Å². The summed E-state index contributed by atoms with van der Waals surface area (Å²) < 4.78 is 5.04. The lowest BCUT2D eigenvalue weighted by Crippen LogP contribution is -2.13. The van der Waals surface area contributed by atoms with E-state index in [1.165, 1.54) is 18.3 Å². The molecule has 1 aromatic heterocycles. The van der Waals surface area contributed by atoms with Crippen molar-refractivity contribution in [2.75, 3.05) is 17.7 Å². The van der Waals surface area contributed by atoms with Crippen LogP contribution >= 0.6 is 11.3 Å². The van der Waals surface area contributed by atoms with Gasteiger partial charge in [0.05, 0.1) is 7.11 Å². The maximum absolute atomic E-state index is 12.0. The molecule has 1 heterocycles. The Labute approximate surface area is 119 Å². The molecular formula is C13H13N3O3S. The number of nitrogens with one attached hydrogen (secondary N) is 2. The van der Waals surface area contributed by atoms with Crippen LogP contribution in [0.25, 0.3) is 0 Å². The normalized spacial score (nSPS) is 9.90. The van der Waals surface area contributed by atoms with Crippen LogP contribution in [0.1, 0.15) is 17.4 Å². The molecule has 20 heavy (non-hydrogen) atoms. The molecular weight excluding hydrogens is 278 g/mol. The number of rotatable bonds is 4. The highest BCUT2D eigenvalue weighted by Gasteiger charge is 2.11. The molecule has 6 nitrogen and oxygen atoms in total. The number of ether oxygens (including phenoxy) is 1. The molecule has 1 aromatic carbocycles. The molecule has 0 atom stereocenters. The Bertz CT molecular complexity index is 622. The number of benzene rings is 1. The average Bonchev–Trinajstić information content (AvgIpc) is 2.87. The summed E-state index contributed by atoms with van der Waals surface area (Å²) in [5.41, 5.74) is 0.902. The molecule has 2 aromatic rings. The van der Waals surface area contributed by atoms with Crippen LogP contribution < -0.4 is 15.4 Å². The molecule has 0 aliphatic heterocycles. The Kier molecular flexibility index (Phi) is 4.31. The van der Waals surface area contributed by atoms with E-state index in [0.29, 0.717) is 16.6 Å². The summed E-state index contributed by atoms with van der Waals surface area (Å²) in [6.07, 6.45) is 0. The van der Waals surface area contributed by atoms with Crippen molar-refractivity contribution in [2.24, 2.45) is 0 Å². The molecule has 0 aliphatic carbocycles. The molecule has 0 saturated carbocycles. The van der Waals surface area contributed by atoms with Crippen molar-refractivity contribution >= 4 is 34.0 Å². The minimum atomic E-state index is -0.331. The van der Waals surface area contributed by atoms with Gasteiger partial charge in [0.2, 0.25) is 5.91 Å². The molecule has 7 heteroatoms. The quantitative estimate of drug-likeness (QED) is 0.906. The largest absolute Gasteiger partial charge is 0.497 e. The molecule has 0 unspecified atom stereocenters. The molecule has 0 saturated heterocycles. The van der Waals surface area contributed by atoms with Gasteiger partial charge in [0.25, 0.3) is 5.91 Å². The SMILES string of the molecule is COc1ccc(NC(=O)c2csc(NC(C)=O)n2)cc1. The summed E-state index contributed by atoms with van der Waals surface area (Å²) in [4.78, 5) is 26.9. The molecule has 2 rings (SSSR count). The van der Waals surface area contributed by atoms with Crippen LogP contribution in [0.5, 0.6) is 5.75 Å². The van der Waals surface area contributed by atoms with Gasteiger partial charge in [-0.15, -0.1) is 11.3 Å². The third kappa shape index (κ3) is 3.55. The fourth-order valence-electron chi connectivity index (χ4n) is 1.46. The van der Waals surface area contributed by atoms with Crippen LogP contribution in [0.2, 0.25) is 0 Å². The first-order chi connectivity index (χ1) is 9.58. The smallest absolute Gasteiger partial charge is 0.275 e. The molecule has 0 fully saturated rings. The van der Waals surface area contributed by atoms with Gasteiger partial charge in [-0.2, -0.15) is 0 Å². The topological polar surface area (TPSA) is 80.3 Å². The van der Waals surface area contributed by atoms with Crippen molar-refractivity contribution in [1.82, 2.24) is 4.98 Å². The molecule has 0 aliphatic rings. The van der Waals surface area contributed by atoms with Gasteiger partial charge < -0.3 is 15.4 Å². The van der Waals surface area contributed by atoms with E-state index in [-0.39, 0.29) is 17.5 Å². The summed E-state index contributed by atoms with van der Waals surface area (Å²) in [5.74, 6) is 0.161. The number of carbonyl (C=O) groups is 2. The van der Waals surface area contributed by atoms with E-state index in [2.05, 4.69) is 15.6 Å². The Morgan fingerprint density at radius 2 is 1.90 bits per heavy atom. The van der Waals surface area contributed by atoms with Gasteiger partial charge in [-0.3, -0.25) is 9.59 Å². The Balaban J connectivity index is 2.03. The Morgan fingerprint density at radius 3 is 2.50 bits per heavy atom. The number of hydrogen-bond donors (Lipinski definition) is 2. The van der Waals surface area contributed by atoms with Crippen LogP contribution in [0.4, 0.5) is 10.8 Å². The predicted molar refractivity (Wildman–Crippen MR) is 77.4 cm³/mol. The van der Waals surface area contributed by atoms with Crippen molar-refractivity contribution in [1.29, 1.82) is 0 Å². The van der Waals surface area contributed by atoms with E-state index in [1.807, 2.05) is 0 Å². The second-order valence-corrected chi connectivity index (χ2v) is 4.76. The number of carbonyl (C=O) groups excluding carboxylic acids is 2. The van der Waals surface area contributed by atoms with Crippen LogP contribution in [0.3, 0.4) is 0 Å². The molecule has 104 valence electrons. The van der Waals surface area contributed by atoms with Gasteiger partial charge in [0, 0.05) is 18.0 Å². The van der Waals surface area contributed by atoms with E-state index in [9.17, 15) is 9.59 Å². The lowest BCUT2D eigenvalue weighted by Gasteiger charge is -2.04. The Hall–Kier alpha value is -2.41. The summed E-state index contributed by atoms with van der Waals surface area (Å²) in [6.45, 7) is 1.39. The third-order valence-corrected chi connectivity index (χ3v) is 3.13. The van der Waals surface area contributed by atoms with Gasteiger partial charge in [0.1, 0.15) is 11.4 Å². The maximum Gasteiger partial charge on any atom is 0.275 e. The zero-order valence-electron chi connectivity index (χ0n) is 11.0. The van der Waals surface area contributed by atoms with E-state index < -0.39 is 0 Å². The number of methoxy groups -OCH3 is 1. The van der Waals surface area contributed by atoms with E-state index in [0.717, 1.165) is 0 Å². The van der Waals surface area contributed by atoms with E-state index in [4.69, 9.17) is 4.74 Å². The molecule has 2 amide bonds. The number of nitrogens with zero attached hydrogens (tertiary/aromatic N) is 1. The molecule has 2 N–H and O–H groups in total. The summed E-state index contributed by atoms with van der Waals surface area (Å²) in [7, 11) is 1.58. The van der Waals surface area contributed by atoms with Crippen molar-refractivity contribution in [3.05, 3.63) is 35.3 Å². The monoisotopic (exact) mass is 291 g/mol. The van der Waals surface area contributed by atoms with Crippen molar-refractivity contribution in [3.63, 3.8) is 0 Å². The second-order valence-electron chi connectivity index (χ2n) is 3.90. The fraction of sp³-hybridized carbons (Fsp3) is 0.154. The standard InChI is InChI=1S/C13H13N3O3S/c1-8(17)14-13-16-11(7-20-13)12(18)15-9-3-5-10(19-2)6-4-9/h3-7H,1-2H3,(H,15,18)(H,14,16,17). The minimum Gasteiger partial charge on any atom is -0.497 e. The van der Waals surface area contributed by atoms with E-state index in [1.54, 1.807) is 36.8 Å². The third-order valence-electron chi connectivity index (χ3n) is 2.37. The fourth-order valence-corrected chi connectivity index (χ4v) is 2.19. The number of anilines is 2. The Morgan fingerprint density at radius 1 is 1.20 bits per heavy atom. The lowest BCUT2D eigenvalue weighted by atomic mass is 10.3. The van der Waals surface area contributed by atoms with Gasteiger partial charge in [-0.1, -0.05) is 0 Å². The van der Waals surface area contributed by atoms with Crippen molar-refractivity contribution in [3.8, 4) is 5.75 Å². The molecule has 0 radical (unpaired) electrons. The average molecular weight is 291 g/mol.